The second-order valence-corrected chi connectivity index (χ2v) is 32.4. The van der Waals surface area contributed by atoms with Gasteiger partial charge >= 0.3 is 0 Å². The number of hydrazine groups is 1. The van der Waals surface area contributed by atoms with E-state index in [1.165, 1.54) is 0 Å². The fraction of sp³-hybridized carbons (Fsp3) is 0.412. The highest BCUT2D eigenvalue weighted by molar-refractivity contribution is 14.1. The summed E-state index contributed by atoms with van der Waals surface area (Å²) in [5.41, 5.74) is 9.91. The van der Waals surface area contributed by atoms with E-state index in [4.69, 9.17) is 49.6 Å². The van der Waals surface area contributed by atoms with Gasteiger partial charge in [-0.15, -0.1) is 10.2 Å². The van der Waals surface area contributed by atoms with E-state index in [-0.39, 0.29) is 23.6 Å². The van der Waals surface area contributed by atoms with Crippen molar-refractivity contribution in [1.29, 1.82) is 0 Å². The SMILES string of the molecule is C.[C-]#[N+]c1ccc(N[C@@H](C(=O)NNC(=O)c2ccc(I)cc2)[C@H](C)O[Si](C)(C)C(C)(C)C)c(C)c1Cl.[C-]#[N+]c1ccc(N[C@@H](c2nnc(-c3ccc(I)cc3)o2)[C@H](C)O[Si](C)(C)C(C)(C)C)c(C)c1Cl. The zero-order chi connectivity index (χ0) is 51.8. The minimum atomic E-state index is -2.21. The van der Waals surface area contributed by atoms with Crippen molar-refractivity contribution in [2.24, 2.45) is 0 Å². The standard InChI is InChI=1S/C25H32ClIN4O3Si.C25H30ClIN4O2Si.CH4/c1-15-19(13-14-20(28-6)21(15)26)29-22(16(2)34-35(7,8)25(3,4)5)24(33)31-30-23(32)17-9-11-18(27)12-10-17;1-15-19(13-14-20(28-6)21(15)26)29-22(16(2)33-34(7,8)25(3,4)5)24-31-30-23(32-24)17-9-11-18(27)12-10-17;/h9-14,16,22,29H,1-5,7-8H3,(H,30,32)(H,31,33);9-14,16,22,29H,1-5,7-8H3;1H4/t2*16-,22+;/m00./s1. The van der Waals surface area contributed by atoms with Gasteiger partial charge in [-0.25, -0.2) is 9.69 Å². The molecule has 1 aromatic heterocycles. The summed E-state index contributed by atoms with van der Waals surface area (Å²) >= 11 is 17.2. The Kier molecular flexibility index (Phi) is 21.6. The van der Waals surface area contributed by atoms with Gasteiger partial charge in [0, 0.05) is 29.6 Å². The lowest BCUT2D eigenvalue weighted by atomic mass is 10.1. The molecule has 2 amide bonds. The third-order valence-electron chi connectivity index (χ3n) is 12.6. The van der Waals surface area contributed by atoms with Crippen LogP contribution in [0.5, 0.6) is 0 Å². The van der Waals surface area contributed by atoms with Gasteiger partial charge in [0.2, 0.25) is 23.2 Å². The van der Waals surface area contributed by atoms with Crippen LogP contribution < -0.4 is 21.5 Å². The van der Waals surface area contributed by atoms with Gasteiger partial charge in [-0.05, 0) is 181 Å². The van der Waals surface area contributed by atoms with Crippen LogP contribution in [0.25, 0.3) is 21.1 Å². The normalized spacial score (nSPS) is 13.4. The molecule has 0 unspecified atom stereocenters. The summed E-state index contributed by atoms with van der Waals surface area (Å²) in [6.07, 6.45) is -0.783. The molecule has 4 aromatic carbocycles. The number of benzene rings is 4. The van der Waals surface area contributed by atoms with E-state index in [1.807, 2.05) is 63.2 Å². The maximum atomic E-state index is 13.3. The molecular weight excluding hydrogens is 1190 g/mol. The summed E-state index contributed by atoms with van der Waals surface area (Å²) in [5, 5.41) is 16.2. The van der Waals surface area contributed by atoms with Crippen molar-refractivity contribution in [3.05, 3.63) is 135 Å². The predicted molar refractivity (Wildman–Crippen MR) is 308 cm³/mol. The molecule has 0 radical (unpaired) electrons. The van der Waals surface area contributed by atoms with Crippen LogP contribution in [0.4, 0.5) is 22.7 Å². The van der Waals surface area contributed by atoms with Crippen LogP contribution in [-0.4, -0.2) is 56.9 Å². The van der Waals surface area contributed by atoms with Gasteiger partial charge in [0.1, 0.15) is 12.1 Å². The number of nitrogens with zero attached hydrogens (tertiary/aromatic N) is 4. The molecule has 19 heteroatoms. The number of hydrogen-bond donors (Lipinski definition) is 4. The number of halogens is 4. The van der Waals surface area contributed by atoms with E-state index in [1.54, 1.807) is 37.3 Å². The minimum absolute atomic E-state index is 0. The molecule has 0 bridgehead atoms. The van der Waals surface area contributed by atoms with Gasteiger partial charge in [-0.3, -0.25) is 20.4 Å². The minimum Gasteiger partial charge on any atom is -0.418 e. The van der Waals surface area contributed by atoms with Gasteiger partial charge in [-0.2, -0.15) is 0 Å². The van der Waals surface area contributed by atoms with Crippen LogP contribution in [-0.2, 0) is 13.6 Å². The Morgan fingerprint density at radius 2 is 1.13 bits per heavy atom. The molecule has 0 spiro atoms. The molecule has 4 N–H and O–H groups in total. The molecule has 0 aliphatic rings. The van der Waals surface area contributed by atoms with Crippen LogP contribution in [0.2, 0.25) is 46.3 Å². The van der Waals surface area contributed by atoms with E-state index >= 15 is 0 Å². The van der Waals surface area contributed by atoms with Crippen LogP contribution >= 0.6 is 68.4 Å². The van der Waals surface area contributed by atoms with Crippen LogP contribution in [0.3, 0.4) is 0 Å². The van der Waals surface area contributed by atoms with Gasteiger partial charge in [0.05, 0.1) is 35.4 Å². The Hall–Kier alpha value is -4.07. The van der Waals surface area contributed by atoms with E-state index in [9.17, 15) is 9.59 Å². The monoisotopic (exact) mass is 1250 g/mol. The molecule has 0 fully saturated rings. The van der Waals surface area contributed by atoms with Crippen molar-refractivity contribution in [2.45, 2.75) is 137 Å². The highest BCUT2D eigenvalue weighted by atomic mass is 127. The number of carbonyl (C=O) groups excluding carboxylic acids is 2. The summed E-state index contributed by atoms with van der Waals surface area (Å²) < 4.78 is 21.5. The van der Waals surface area contributed by atoms with Gasteiger partial charge in [0.25, 0.3) is 11.8 Å². The molecule has 70 heavy (non-hydrogen) atoms. The summed E-state index contributed by atoms with van der Waals surface area (Å²) in [6, 6.07) is 20.6. The first-order valence-electron chi connectivity index (χ1n) is 22.2. The van der Waals surface area contributed by atoms with Gasteiger partial charge in [-0.1, -0.05) is 84.3 Å². The highest BCUT2D eigenvalue weighted by Gasteiger charge is 2.42. The molecule has 0 aliphatic heterocycles. The molecule has 376 valence electrons. The first-order chi connectivity index (χ1) is 32.0. The second-order valence-electron chi connectivity index (χ2n) is 19.7. The topological polar surface area (TPSA) is 148 Å². The number of nitrogens with one attached hydrogen (secondary N) is 4. The Morgan fingerprint density at radius 1 is 0.686 bits per heavy atom. The number of carbonyl (C=O) groups is 2. The second kappa shape index (κ2) is 25.1. The van der Waals surface area contributed by atoms with Crippen molar-refractivity contribution in [3.8, 4) is 11.5 Å². The third kappa shape index (κ3) is 15.5. The van der Waals surface area contributed by atoms with Crippen molar-refractivity contribution in [1.82, 2.24) is 21.0 Å². The lowest BCUT2D eigenvalue weighted by Gasteiger charge is -2.40. The molecule has 5 rings (SSSR count). The quantitative estimate of drug-likeness (QED) is 0.0369. The van der Waals surface area contributed by atoms with E-state index < -0.39 is 46.6 Å². The zero-order valence-electron chi connectivity index (χ0n) is 41.6. The van der Waals surface area contributed by atoms with Crippen LogP contribution in [0.15, 0.2) is 77.2 Å². The maximum Gasteiger partial charge on any atom is 0.269 e. The number of anilines is 2. The fourth-order valence-electron chi connectivity index (χ4n) is 6.30. The molecule has 1 heterocycles. The molecule has 0 aliphatic carbocycles. The summed E-state index contributed by atoms with van der Waals surface area (Å²) in [4.78, 5) is 32.7. The Labute approximate surface area is 454 Å². The molecular formula is C51H66Cl2I2N8O5Si2. The van der Waals surface area contributed by atoms with E-state index in [0.717, 1.165) is 24.0 Å². The van der Waals surface area contributed by atoms with E-state index in [0.29, 0.717) is 50.0 Å². The average Bonchev–Trinajstić information content (AvgIpc) is 3.76. The first kappa shape index (κ1) is 60.2. The van der Waals surface area contributed by atoms with Crippen LogP contribution in [0, 0.1) is 34.1 Å². The number of rotatable bonds is 14. The molecule has 4 atom stereocenters. The van der Waals surface area contributed by atoms with Crippen molar-refractivity contribution >= 4 is 120 Å². The Morgan fingerprint density at radius 3 is 1.59 bits per heavy atom. The lowest BCUT2D eigenvalue weighted by molar-refractivity contribution is -0.124. The average molecular weight is 1250 g/mol. The summed E-state index contributed by atoms with van der Waals surface area (Å²) in [7, 11) is -4.29. The highest BCUT2D eigenvalue weighted by Crippen LogP contribution is 2.42. The third-order valence-corrected chi connectivity index (χ3v) is 24.1. The van der Waals surface area contributed by atoms with Crippen molar-refractivity contribution in [3.63, 3.8) is 0 Å². The van der Waals surface area contributed by atoms with Gasteiger partial charge in [0.15, 0.2) is 16.6 Å². The zero-order valence-corrected chi connectivity index (χ0v) is 49.4. The lowest BCUT2D eigenvalue weighted by Crippen LogP contribution is -2.55. The number of amides is 2. The molecule has 5 aromatic rings. The number of hydrogen-bond acceptors (Lipinski definition) is 9. The largest absolute Gasteiger partial charge is 0.418 e. The fourth-order valence-corrected chi connectivity index (χ4v) is 10.3. The van der Waals surface area contributed by atoms with Gasteiger partial charge < -0.3 is 23.9 Å². The molecule has 0 saturated carbocycles. The maximum absolute atomic E-state index is 13.3. The molecule has 0 saturated heterocycles. The smallest absolute Gasteiger partial charge is 0.269 e. The van der Waals surface area contributed by atoms with Crippen molar-refractivity contribution in [2.75, 3.05) is 10.6 Å². The summed E-state index contributed by atoms with van der Waals surface area (Å²) in [6.45, 7) is 43.8. The van der Waals surface area contributed by atoms with Crippen molar-refractivity contribution < 1.29 is 22.9 Å². The van der Waals surface area contributed by atoms with E-state index in [2.05, 4.69) is 154 Å². The Balaban J connectivity index is 0.000000365. The Bertz CT molecular complexity index is 2700. The molecule has 13 nitrogen and oxygen atoms in total. The first-order valence-corrected chi connectivity index (χ1v) is 30.9. The predicted octanol–water partition coefficient (Wildman–Crippen LogP) is 15.5. The van der Waals surface area contributed by atoms with Crippen LogP contribution in [0.1, 0.15) is 96.2 Å². The number of aromatic nitrogens is 2. The summed E-state index contributed by atoms with van der Waals surface area (Å²) in [5.74, 6) is 0.00678.